The summed E-state index contributed by atoms with van der Waals surface area (Å²) in [6.07, 6.45) is -0.808. The van der Waals surface area contributed by atoms with Crippen LogP contribution < -0.4 is 0 Å². The number of carbonyl (C=O) groups excluding carboxylic acids is 1. The maximum Gasteiger partial charge on any atom is 0.305 e. The summed E-state index contributed by atoms with van der Waals surface area (Å²) in [5.41, 5.74) is 0. The van der Waals surface area contributed by atoms with E-state index in [2.05, 4.69) is 20.8 Å². The summed E-state index contributed by atoms with van der Waals surface area (Å²) in [5, 5.41) is 10.0. The highest BCUT2D eigenvalue weighted by Crippen LogP contribution is 2.38. The molecular formula is C13H27NO5Si. The molecule has 0 aliphatic heterocycles. The summed E-state index contributed by atoms with van der Waals surface area (Å²) >= 11 is 0. The van der Waals surface area contributed by atoms with E-state index in [0.717, 1.165) is 5.06 Å². The van der Waals surface area contributed by atoms with Gasteiger partial charge in [0.2, 0.25) is 5.91 Å². The van der Waals surface area contributed by atoms with Crippen molar-refractivity contribution in [2.24, 2.45) is 0 Å². The summed E-state index contributed by atoms with van der Waals surface area (Å²) < 4.78 is 6.03. The number of aliphatic carboxylic acids is 1. The summed E-state index contributed by atoms with van der Waals surface area (Å²) in [4.78, 5) is 27.6. The maximum absolute atomic E-state index is 11.8. The molecule has 1 amide bonds. The van der Waals surface area contributed by atoms with E-state index in [1.165, 1.54) is 14.2 Å². The van der Waals surface area contributed by atoms with Crippen molar-refractivity contribution >= 4 is 20.2 Å². The highest BCUT2D eigenvalue weighted by Gasteiger charge is 2.40. The fourth-order valence-electron chi connectivity index (χ4n) is 1.37. The molecule has 0 rings (SSSR count). The van der Waals surface area contributed by atoms with Crippen molar-refractivity contribution in [1.82, 2.24) is 5.06 Å². The Hall–Kier alpha value is -0.923. The van der Waals surface area contributed by atoms with Gasteiger partial charge < -0.3 is 9.53 Å². The van der Waals surface area contributed by atoms with E-state index in [1.807, 2.05) is 13.1 Å². The van der Waals surface area contributed by atoms with Crippen molar-refractivity contribution in [3.8, 4) is 0 Å². The minimum atomic E-state index is -2.12. The quantitative estimate of drug-likeness (QED) is 0.577. The van der Waals surface area contributed by atoms with Crippen molar-refractivity contribution in [2.45, 2.75) is 57.8 Å². The third-order valence-corrected chi connectivity index (χ3v) is 8.23. The van der Waals surface area contributed by atoms with Crippen molar-refractivity contribution in [1.29, 1.82) is 0 Å². The minimum Gasteiger partial charge on any atom is -0.481 e. The van der Waals surface area contributed by atoms with Gasteiger partial charge in [0, 0.05) is 7.05 Å². The Bertz CT molecular complexity index is 351. The van der Waals surface area contributed by atoms with Gasteiger partial charge in [-0.05, 0) is 18.1 Å². The molecule has 0 saturated heterocycles. The number of hydroxylamine groups is 2. The molecule has 0 aliphatic rings. The topological polar surface area (TPSA) is 76.1 Å². The molecule has 0 unspecified atom stereocenters. The van der Waals surface area contributed by atoms with Crippen molar-refractivity contribution in [3.63, 3.8) is 0 Å². The third kappa shape index (κ3) is 6.02. The largest absolute Gasteiger partial charge is 0.481 e. The number of rotatable bonds is 7. The average molecular weight is 305 g/mol. The van der Waals surface area contributed by atoms with Gasteiger partial charge in [-0.1, -0.05) is 20.8 Å². The van der Waals surface area contributed by atoms with Crippen LogP contribution in [0.4, 0.5) is 0 Å². The maximum atomic E-state index is 11.8. The second kappa shape index (κ2) is 7.19. The summed E-state index contributed by atoms with van der Waals surface area (Å²) in [6.45, 7) is 10.3. The number of carboxylic acid groups (broad SMARTS) is 1. The molecule has 0 aliphatic carbocycles. The Balaban J connectivity index is 4.91. The van der Waals surface area contributed by atoms with E-state index in [-0.39, 0.29) is 23.8 Å². The number of carboxylic acids is 1. The van der Waals surface area contributed by atoms with Crippen LogP contribution in [0.2, 0.25) is 18.1 Å². The first-order chi connectivity index (χ1) is 8.90. The Morgan fingerprint density at radius 2 is 1.75 bits per heavy atom. The smallest absolute Gasteiger partial charge is 0.305 e. The molecular weight excluding hydrogens is 278 g/mol. The number of hydrogen-bond donors (Lipinski definition) is 1. The Labute approximate surface area is 122 Å². The number of hydrogen-bond acceptors (Lipinski definition) is 4. The lowest BCUT2D eigenvalue weighted by atomic mass is 10.2. The highest BCUT2D eigenvalue weighted by molar-refractivity contribution is 6.74. The molecule has 0 spiro atoms. The van der Waals surface area contributed by atoms with Crippen LogP contribution in [-0.4, -0.2) is 50.6 Å². The van der Waals surface area contributed by atoms with Gasteiger partial charge in [-0.15, -0.1) is 0 Å². The second-order valence-corrected chi connectivity index (χ2v) is 11.1. The Kier molecular flexibility index (Phi) is 6.86. The molecule has 0 heterocycles. The van der Waals surface area contributed by atoms with E-state index in [1.54, 1.807) is 0 Å². The average Bonchev–Trinajstić information content (AvgIpc) is 2.24. The normalized spacial score (nSPS) is 13.9. The molecule has 1 N–H and O–H groups in total. The zero-order valence-corrected chi connectivity index (χ0v) is 14.5. The van der Waals surface area contributed by atoms with Crippen LogP contribution >= 0.6 is 0 Å². The third-order valence-electron chi connectivity index (χ3n) is 3.70. The van der Waals surface area contributed by atoms with Crippen molar-refractivity contribution in [2.75, 3.05) is 14.2 Å². The van der Waals surface area contributed by atoms with Gasteiger partial charge in [0.25, 0.3) is 0 Å². The van der Waals surface area contributed by atoms with Crippen LogP contribution in [0, 0.1) is 0 Å². The van der Waals surface area contributed by atoms with E-state index < -0.39 is 20.4 Å². The van der Waals surface area contributed by atoms with Crippen LogP contribution in [0.5, 0.6) is 0 Å². The van der Waals surface area contributed by atoms with Crippen LogP contribution in [0.15, 0.2) is 0 Å². The zero-order valence-electron chi connectivity index (χ0n) is 13.5. The molecule has 0 saturated carbocycles. The summed E-state index contributed by atoms with van der Waals surface area (Å²) in [6, 6.07) is 0. The van der Waals surface area contributed by atoms with Gasteiger partial charge in [-0.3, -0.25) is 14.4 Å². The first-order valence-electron chi connectivity index (χ1n) is 6.61. The monoisotopic (exact) mass is 305 g/mol. The Morgan fingerprint density at radius 1 is 1.25 bits per heavy atom. The van der Waals surface area contributed by atoms with Gasteiger partial charge >= 0.3 is 5.97 Å². The van der Waals surface area contributed by atoms with Gasteiger partial charge in [0.1, 0.15) is 0 Å². The lowest BCUT2D eigenvalue weighted by molar-refractivity contribution is -0.170. The molecule has 0 radical (unpaired) electrons. The van der Waals surface area contributed by atoms with E-state index >= 15 is 0 Å². The summed E-state index contributed by atoms with van der Waals surface area (Å²) in [7, 11) is 0.759. The highest BCUT2D eigenvalue weighted by atomic mass is 28.4. The van der Waals surface area contributed by atoms with E-state index in [0.29, 0.717) is 0 Å². The van der Waals surface area contributed by atoms with Crippen molar-refractivity contribution in [3.05, 3.63) is 0 Å². The molecule has 1 atom stereocenters. The van der Waals surface area contributed by atoms with Crippen LogP contribution in [-0.2, 0) is 18.9 Å². The first-order valence-corrected chi connectivity index (χ1v) is 9.52. The molecule has 0 bridgehead atoms. The Morgan fingerprint density at radius 3 is 2.10 bits per heavy atom. The molecule has 20 heavy (non-hydrogen) atoms. The fraction of sp³-hybridized carbons (Fsp3) is 0.846. The predicted molar refractivity (Wildman–Crippen MR) is 78.7 cm³/mol. The van der Waals surface area contributed by atoms with Gasteiger partial charge in [0.15, 0.2) is 8.32 Å². The molecule has 7 heteroatoms. The second-order valence-electron chi connectivity index (χ2n) is 6.38. The van der Waals surface area contributed by atoms with Crippen molar-refractivity contribution < 1.29 is 24.0 Å². The molecule has 6 nitrogen and oxygen atoms in total. The lowest BCUT2D eigenvalue weighted by Crippen LogP contribution is -2.45. The zero-order chi connectivity index (χ0) is 16.1. The predicted octanol–water partition coefficient (Wildman–Crippen LogP) is 2.26. The first kappa shape index (κ1) is 19.1. The summed E-state index contributed by atoms with van der Waals surface area (Å²) in [5.74, 6) is -1.26. The van der Waals surface area contributed by atoms with Gasteiger partial charge in [-0.2, -0.15) is 0 Å². The number of nitrogens with zero attached hydrogens (tertiary/aromatic N) is 1. The standard InChI is InChI=1S/C13H27NO5Si/c1-13(2,3)20(6,7)19-10(9-12(16)17)8-11(15)14(4)18-5/h10H,8-9H2,1-7H3,(H,16,17)/t10-/m0/s1. The van der Waals surface area contributed by atoms with Crippen LogP contribution in [0.3, 0.4) is 0 Å². The van der Waals surface area contributed by atoms with Crippen LogP contribution in [0.25, 0.3) is 0 Å². The van der Waals surface area contributed by atoms with Crippen LogP contribution in [0.1, 0.15) is 33.6 Å². The molecule has 0 fully saturated rings. The molecule has 0 aromatic heterocycles. The minimum absolute atomic E-state index is 0.00313. The molecule has 118 valence electrons. The molecule has 0 aromatic rings. The fourth-order valence-corrected chi connectivity index (χ4v) is 2.72. The lowest BCUT2D eigenvalue weighted by Gasteiger charge is -2.39. The van der Waals surface area contributed by atoms with Gasteiger partial charge in [0.05, 0.1) is 26.1 Å². The molecule has 0 aromatic carbocycles. The van der Waals surface area contributed by atoms with E-state index in [4.69, 9.17) is 14.4 Å². The van der Waals surface area contributed by atoms with E-state index in [9.17, 15) is 9.59 Å². The number of carbonyl (C=O) groups is 2. The number of amides is 1. The van der Waals surface area contributed by atoms with Gasteiger partial charge in [-0.25, -0.2) is 5.06 Å². The SMILES string of the molecule is CON(C)C(=O)C[C@@H](CC(=O)O)O[Si](C)(C)C(C)(C)C.